The van der Waals surface area contributed by atoms with Gasteiger partial charge in [-0.15, -0.1) is 0 Å². The van der Waals surface area contributed by atoms with E-state index < -0.39 is 0 Å². The molecule has 3 nitrogen and oxygen atoms in total. The van der Waals surface area contributed by atoms with Crippen LogP contribution < -0.4 is 5.73 Å². The molecule has 0 amide bonds. The van der Waals surface area contributed by atoms with E-state index in [-0.39, 0.29) is 0 Å². The average Bonchev–Trinajstić information content (AvgIpc) is 2.65. The first-order valence-corrected chi connectivity index (χ1v) is 6.83. The average molecular weight is 257 g/mol. The lowest BCUT2D eigenvalue weighted by atomic mass is 10.1. The number of aromatic nitrogens is 2. The fourth-order valence-corrected chi connectivity index (χ4v) is 2.33. The van der Waals surface area contributed by atoms with Crippen LogP contribution in [0.25, 0.3) is 11.0 Å². The molecule has 2 rings (SSSR count). The first-order valence-electron chi connectivity index (χ1n) is 6.83. The monoisotopic (exact) mass is 257 g/mol. The Balaban J connectivity index is 2.55. The minimum atomic E-state index is 0.703. The first kappa shape index (κ1) is 13.8. The standard InChI is InChI=1S/C16H23N3/c1-11(2)10-19-15-9-13(4)12(3)8-14(15)18-16(19)6-5-7-17/h8-9H,1,5-7,10,17H2,2-4H3. The van der Waals surface area contributed by atoms with Gasteiger partial charge in [0.2, 0.25) is 0 Å². The molecule has 1 aromatic heterocycles. The van der Waals surface area contributed by atoms with Gasteiger partial charge in [0, 0.05) is 13.0 Å². The number of nitrogens with zero attached hydrogens (tertiary/aromatic N) is 2. The Morgan fingerprint density at radius 2 is 2.00 bits per heavy atom. The zero-order valence-corrected chi connectivity index (χ0v) is 12.2. The second-order valence-corrected chi connectivity index (χ2v) is 5.39. The molecule has 0 aliphatic heterocycles. The van der Waals surface area contributed by atoms with Gasteiger partial charge < -0.3 is 10.3 Å². The number of nitrogens with two attached hydrogens (primary N) is 1. The molecule has 102 valence electrons. The van der Waals surface area contributed by atoms with Crippen molar-refractivity contribution < 1.29 is 0 Å². The Kier molecular flexibility index (Phi) is 4.05. The molecule has 1 heterocycles. The summed E-state index contributed by atoms with van der Waals surface area (Å²) in [5, 5.41) is 0. The number of rotatable bonds is 5. The number of aryl methyl sites for hydroxylation is 3. The summed E-state index contributed by atoms with van der Waals surface area (Å²) < 4.78 is 2.28. The van der Waals surface area contributed by atoms with Gasteiger partial charge in [-0.25, -0.2) is 4.98 Å². The molecule has 2 aromatic rings. The van der Waals surface area contributed by atoms with Gasteiger partial charge in [-0.1, -0.05) is 12.2 Å². The Hall–Kier alpha value is -1.61. The molecule has 1 aromatic carbocycles. The molecular weight excluding hydrogens is 234 g/mol. The predicted molar refractivity (Wildman–Crippen MR) is 81.4 cm³/mol. The number of hydrogen-bond acceptors (Lipinski definition) is 2. The lowest BCUT2D eigenvalue weighted by molar-refractivity contribution is 0.698. The predicted octanol–water partition coefficient (Wildman–Crippen LogP) is 3.12. The fraction of sp³-hybridized carbons (Fsp3) is 0.438. The highest BCUT2D eigenvalue weighted by Crippen LogP contribution is 2.22. The lowest BCUT2D eigenvalue weighted by Crippen LogP contribution is -2.08. The van der Waals surface area contributed by atoms with E-state index in [1.54, 1.807) is 0 Å². The second kappa shape index (κ2) is 5.57. The third-order valence-corrected chi connectivity index (χ3v) is 3.48. The molecule has 0 aliphatic rings. The summed E-state index contributed by atoms with van der Waals surface area (Å²) in [6.45, 7) is 11.9. The van der Waals surface area contributed by atoms with Crippen molar-refractivity contribution in [1.82, 2.24) is 9.55 Å². The van der Waals surface area contributed by atoms with Crippen LogP contribution in [0.2, 0.25) is 0 Å². The number of benzene rings is 1. The quantitative estimate of drug-likeness (QED) is 0.836. The Bertz CT molecular complexity index is 608. The molecule has 0 fully saturated rings. The SMILES string of the molecule is C=C(C)Cn1c(CCCN)nc2cc(C)c(C)cc21. The van der Waals surface area contributed by atoms with E-state index in [4.69, 9.17) is 10.7 Å². The van der Waals surface area contributed by atoms with E-state index in [0.717, 1.165) is 36.3 Å². The van der Waals surface area contributed by atoms with Gasteiger partial charge in [-0.3, -0.25) is 0 Å². The largest absolute Gasteiger partial charge is 0.330 e. The number of fused-ring (bicyclic) bond motifs is 1. The molecule has 0 saturated carbocycles. The maximum Gasteiger partial charge on any atom is 0.110 e. The van der Waals surface area contributed by atoms with Crippen molar-refractivity contribution in [2.45, 2.75) is 40.2 Å². The summed E-state index contributed by atoms with van der Waals surface area (Å²) in [5.74, 6) is 1.12. The van der Waals surface area contributed by atoms with E-state index >= 15 is 0 Å². The van der Waals surface area contributed by atoms with E-state index in [2.05, 4.69) is 44.0 Å². The molecule has 2 N–H and O–H groups in total. The highest BCUT2D eigenvalue weighted by Gasteiger charge is 2.11. The van der Waals surface area contributed by atoms with Crippen molar-refractivity contribution in [2.75, 3.05) is 6.54 Å². The van der Waals surface area contributed by atoms with Crippen LogP contribution in [0.5, 0.6) is 0 Å². The van der Waals surface area contributed by atoms with Gasteiger partial charge in [0.15, 0.2) is 0 Å². The van der Waals surface area contributed by atoms with Gasteiger partial charge in [-0.05, 0) is 57.0 Å². The third-order valence-electron chi connectivity index (χ3n) is 3.48. The molecule has 0 unspecified atom stereocenters. The molecule has 3 heteroatoms. The molecular formula is C16H23N3. The van der Waals surface area contributed by atoms with E-state index in [1.807, 2.05) is 0 Å². The van der Waals surface area contributed by atoms with Crippen LogP contribution in [0.1, 0.15) is 30.3 Å². The summed E-state index contributed by atoms with van der Waals surface area (Å²) in [6, 6.07) is 4.40. The maximum absolute atomic E-state index is 5.62. The van der Waals surface area contributed by atoms with Crippen molar-refractivity contribution in [2.24, 2.45) is 5.73 Å². The van der Waals surface area contributed by atoms with Crippen LogP contribution in [0.3, 0.4) is 0 Å². The van der Waals surface area contributed by atoms with Crippen molar-refractivity contribution in [1.29, 1.82) is 0 Å². The van der Waals surface area contributed by atoms with E-state index in [9.17, 15) is 0 Å². The van der Waals surface area contributed by atoms with Gasteiger partial charge in [0.1, 0.15) is 5.82 Å². The zero-order valence-electron chi connectivity index (χ0n) is 12.2. The summed E-state index contributed by atoms with van der Waals surface area (Å²) in [7, 11) is 0. The summed E-state index contributed by atoms with van der Waals surface area (Å²) in [5.41, 5.74) is 11.6. The number of imidazole rings is 1. The maximum atomic E-state index is 5.62. The first-order chi connectivity index (χ1) is 9.02. The molecule has 0 bridgehead atoms. The van der Waals surface area contributed by atoms with E-state index in [1.165, 1.54) is 16.6 Å². The number of hydrogen-bond donors (Lipinski definition) is 1. The van der Waals surface area contributed by atoms with Crippen LogP contribution in [-0.2, 0) is 13.0 Å². The third kappa shape index (κ3) is 2.87. The van der Waals surface area contributed by atoms with Crippen LogP contribution in [0.15, 0.2) is 24.3 Å². The summed E-state index contributed by atoms with van der Waals surface area (Å²) >= 11 is 0. The van der Waals surface area contributed by atoms with Crippen LogP contribution >= 0.6 is 0 Å². The second-order valence-electron chi connectivity index (χ2n) is 5.39. The van der Waals surface area contributed by atoms with Crippen LogP contribution in [0, 0.1) is 13.8 Å². The van der Waals surface area contributed by atoms with Gasteiger partial charge in [0.25, 0.3) is 0 Å². The van der Waals surface area contributed by atoms with E-state index in [0.29, 0.717) is 6.54 Å². The summed E-state index contributed by atoms with van der Waals surface area (Å²) in [6.07, 6.45) is 1.90. The van der Waals surface area contributed by atoms with Gasteiger partial charge in [-0.2, -0.15) is 0 Å². The van der Waals surface area contributed by atoms with Gasteiger partial charge in [0.05, 0.1) is 11.0 Å². The molecule has 0 aliphatic carbocycles. The Morgan fingerprint density at radius 1 is 1.32 bits per heavy atom. The Labute approximate surface area is 115 Å². The van der Waals surface area contributed by atoms with Crippen molar-refractivity contribution >= 4 is 11.0 Å². The summed E-state index contributed by atoms with van der Waals surface area (Å²) in [4.78, 5) is 4.77. The van der Waals surface area contributed by atoms with Crippen LogP contribution in [-0.4, -0.2) is 16.1 Å². The minimum Gasteiger partial charge on any atom is -0.330 e. The molecule has 0 spiro atoms. The van der Waals surface area contributed by atoms with Crippen molar-refractivity contribution in [3.05, 3.63) is 41.2 Å². The Morgan fingerprint density at radius 3 is 2.63 bits per heavy atom. The molecule has 19 heavy (non-hydrogen) atoms. The lowest BCUT2D eigenvalue weighted by Gasteiger charge is -2.09. The molecule has 0 atom stereocenters. The highest BCUT2D eigenvalue weighted by molar-refractivity contribution is 5.78. The number of allylic oxidation sites excluding steroid dienone is 1. The zero-order chi connectivity index (χ0) is 14.0. The minimum absolute atomic E-state index is 0.703. The van der Waals surface area contributed by atoms with Crippen molar-refractivity contribution in [3.63, 3.8) is 0 Å². The van der Waals surface area contributed by atoms with Crippen LogP contribution in [0.4, 0.5) is 0 Å². The highest BCUT2D eigenvalue weighted by atomic mass is 15.1. The molecule has 0 radical (unpaired) electrons. The van der Waals surface area contributed by atoms with Crippen molar-refractivity contribution in [3.8, 4) is 0 Å². The topological polar surface area (TPSA) is 43.8 Å². The molecule has 0 saturated heterocycles. The smallest absolute Gasteiger partial charge is 0.110 e. The van der Waals surface area contributed by atoms with Gasteiger partial charge >= 0.3 is 0 Å². The fourth-order valence-electron chi connectivity index (χ4n) is 2.33. The normalized spacial score (nSPS) is 11.2.